The maximum atomic E-state index is 10.6. The molecule has 0 aliphatic rings. The van der Waals surface area contributed by atoms with E-state index in [0.29, 0.717) is 6.61 Å². The van der Waals surface area contributed by atoms with E-state index in [-0.39, 0.29) is 0 Å². The highest BCUT2D eigenvalue weighted by Gasteiger charge is 2.05. The number of para-hydroxylation sites is 1. The smallest absolute Gasteiger partial charge is 0.328 e. The predicted octanol–water partition coefficient (Wildman–Crippen LogP) is 4.44. The van der Waals surface area contributed by atoms with Crippen LogP contribution in [0.3, 0.4) is 0 Å². The molecule has 0 amide bonds. The Hall–Kier alpha value is -1.77. The third-order valence-electron chi connectivity index (χ3n) is 3.14. The van der Waals surface area contributed by atoms with E-state index in [2.05, 4.69) is 6.92 Å². The van der Waals surface area contributed by atoms with Crippen LogP contribution >= 0.6 is 0 Å². The van der Waals surface area contributed by atoms with Gasteiger partial charge in [-0.1, -0.05) is 50.8 Å². The van der Waals surface area contributed by atoms with E-state index >= 15 is 0 Å². The lowest BCUT2D eigenvalue weighted by Gasteiger charge is -2.12. The van der Waals surface area contributed by atoms with Gasteiger partial charge in [-0.2, -0.15) is 0 Å². The van der Waals surface area contributed by atoms with Crippen molar-refractivity contribution in [2.75, 3.05) is 6.61 Å². The molecular formula is C17H24O3. The summed E-state index contributed by atoms with van der Waals surface area (Å²) in [6, 6.07) is 5.76. The van der Waals surface area contributed by atoms with E-state index in [0.717, 1.165) is 29.4 Å². The summed E-state index contributed by atoms with van der Waals surface area (Å²) < 4.78 is 5.84. The quantitative estimate of drug-likeness (QED) is 0.535. The molecule has 0 radical (unpaired) electrons. The zero-order valence-electron chi connectivity index (χ0n) is 12.4. The van der Waals surface area contributed by atoms with E-state index in [9.17, 15) is 4.79 Å². The number of ether oxygens (including phenoxy) is 1. The molecule has 0 saturated heterocycles. The van der Waals surface area contributed by atoms with Crippen molar-refractivity contribution in [3.8, 4) is 5.75 Å². The summed E-state index contributed by atoms with van der Waals surface area (Å²) in [5.41, 5.74) is 1.85. The van der Waals surface area contributed by atoms with Crippen molar-refractivity contribution in [2.45, 2.75) is 46.0 Å². The summed E-state index contributed by atoms with van der Waals surface area (Å²) in [5, 5.41) is 8.70. The Labute approximate surface area is 121 Å². The molecule has 0 spiro atoms. The van der Waals surface area contributed by atoms with Gasteiger partial charge in [0, 0.05) is 11.6 Å². The summed E-state index contributed by atoms with van der Waals surface area (Å²) in [4.78, 5) is 10.6. The second-order valence-electron chi connectivity index (χ2n) is 4.93. The van der Waals surface area contributed by atoms with Crippen LogP contribution in [0, 0.1) is 6.92 Å². The molecule has 0 unspecified atom stereocenters. The van der Waals surface area contributed by atoms with Gasteiger partial charge in [-0.25, -0.2) is 4.79 Å². The van der Waals surface area contributed by atoms with Gasteiger partial charge in [0.2, 0.25) is 0 Å². The number of rotatable bonds is 9. The Bertz CT molecular complexity index is 450. The minimum Gasteiger partial charge on any atom is -0.493 e. The van der Waals surface area contributed by atoms with Crippen molar-refractivity contribution >= 4 is 12.0 Å². The monoisotopic (exact) mass is 276 g/mol. The summed E-state index contributed by atoms with van der Waals surface area (Å²) in [6.07, 6.45) is 8.71. The number of carbonyl (C=O) groups is 1. The number of carboxylic acid groups (broad SMARTS) is 1. The lowest BCUT2D eigenvalue weighted by Crippen LogP contribution is -2.01. The fourth-order valence-electron chi connectivity index (χ4n) is 2.04. The third-order valence-corrected chi connectivity index (χ3v) is 3.14. The lowest BCUT2D eigenvalue weighted by molar-refractivity contribution is -0.131. The number of aliphatic carboxylic acids is 1. The molecule has 0 atom stereocenters. The van der Waals surface area contributed by atoms with Gasteiger partial charge >= 0.3 is 5.97 Å². The first-order valence-electron chi connectivity index (χ1n) is 7.28. The van der Waals surface area contributed by atoms with E-state index < -0.39 is 5.97 Å². The highest BCUT2D eigenvalue weighted by Crippen LogP contribution is 2.25. The molecule has 0 aliphatic carbocycles. The first kappa shape index (κ1) is 16.3. The molecule has 110 valence electrons. The van der Waals surface area contributed by atoms with Crippen molar-refractivity contribution in [1.82, 2.24) is 0 Å². The van der Waals surface area contributed by atoms with Crippen LogP contribution in [0.4, 0.5) is 0 Å². The second kappa shape index (κ2) is 9.18. The van der Waals surface area contributed by atoms with Gasteiger partial charge in [-0.05, 0) is 25.0 Å². The van der Waals surface area contributed by atoms with Gasteiger partial charge in [0.05, 0.1) is 6.61 Å². The number of hydrogen-bond acceptors (Lipinski definition) is 2. The first-order valence-corrected chi connectivity index (χ1v) is 7.28. The van der Waals surface area contributed by atoms with Crippen molar-refractivity contribution in [1.29, 1.82) is 0 Å². The third kappa shape index (κ3) is 5.91. The summed E-state index contributed by atoms with van der Waals surface area (Å²) >= 11 is 0. The Morgan fingerprint density at radius 1 is 1.25 bits per heavy atom. The normalized spacial score (nSPS) is 10.9. The zero-order valence-corrected chi connectivity index (χ0v) is 12.4. The van der Waals surface area contributed by atoms with E-state index in [1.165, 1.54) is 25.7 Å². The minimum atomic E-state index is -0.947. The van der Waals surface area contributed by atoms with Gasteiger partial charge < -0.3 is 9.84 Å². The largest absolute Gasteiger partial charge is 0.493 e. The van der Waals surface area contributed by atoms with E-state index in [1.54, 1.807) is 6.08 Å². The van der Waals surface area contributed by atoms with Gasteiger partial charge in [0.1, 0.15) is 5.75 Å². The van der Waals surface area contributed by atoms with Crippen LogP contribution < -0.4 is 4.74 Å². The highest BCUT2D eigenvalue weighted by atomic mass is 16.5. The second-order valence-corrected chi connectivity index (χ2v) is 4.93. The fraction of sp³-hybridized carbons (Fsp3) is 0.471. The molecule has 20 heavy (non-hydrogen) atoms. The van der Waals surface area contributed by atoms with Gasteiger partial charge in [0.15, 0.2) is 0 Å². The average Bonchev–Trinajstić information content (AvgIpc) is 2.42. The minimum absolute atomic E-state index is 0.683. The number of carboxylic acids is 1. The Kier molecular flexibility index (Phi) is 7.48. The molecule has 1 N–H and O–H groups in total. The molecule has 1 aromatic carbocycles. The summed E-state index contributed by atoms with van der Waals surface area (Å²) in [5.74, 6) is -0.155. The molecule has 0 aromatic heterocycles. The highest BCUT2D eigenvalue weighted by molar-refractivity contribution is 5.86. The first-order chi connectivity index (χ1) is 9.65. The molecule has 1 aromatic rings. The summed E-state index contributed by atoms with van der Waals surface area (Å²) in [7, 11) is 0. The summed E-state index contributed by atoms with van der Waals surface area (Å²) in [6.45, 7) is 4.86. The molecule has 0 saturated carbocycles. The molecule has 3 heteroatoms. The van der Waals surface area contributed by atoms with Crippen molar-refractivity contribution in [2.24, 2.45) is 0 Å². The standard InChI is InChI=1S/C17H24O3/c1-3-4-5-6-7-13-20-17-14(2)9-8-10-15(17)11-12-16(18)19/h8-12H,3-7,13H2,1-2H3,(H,18,19)/b12-11+. The Morgan fingerprint density at radius 3 is 2.70 bits per heavy atom. The van der Waals surface area contributed by atoms with Crippen LogP contribution in [0.1, 0.15) is 50.2 Å². The van der Waals surface area contributed by atoms with Crippen LogP contribution in [0.5, 0.6) is 5.75 Å². The molecule has 3 nitrogen and oxygen atoms in total. The SMILES string of the molecule is CCCCCCCOc1c(C)cccc1/C=C/C(=O)O. The van der Waals surface area contributed by atoms with E-state index in [4.69, 9.17) is 9.84 Å². The molecule has 0 bridgehead atoms. The van der Waals surface area contributed by atoms with Crippen molar-refractivity contribution in [3.63, 3.8) is 0 Å². The molecule has 0 heterocycles. The van der Waals surface area contributed by atoms with Crippen molar-refractivity contribution < 1.29 is 14.6 Å². The van der Waals surface area contributed by atoms with Crippen LogP contribution in [0.15, 0.2) is 24.3 Å². The molecule has 0 fully saturated rings. The average molecular weight is 276 g/mol. The Balaban J connectivity index is 2.57. The van der Waals surface area contributed by atoms with Gasteiger partial charge in [-0.3, -0.25) is 0 Å². The number of unbranched alkanes of at least 4 members (excludes halogenated alkanes) is 4. The van der Waals surface area contributed by atoms with Crippen LogP contribution in [0.25, 0.3) is 6.08 Å². The molecular weight excluding hydrogens is 252 g/mol. The molecule has 1 rings (SSSR count). The zero-order chi connectivity index (χ0) is 14.8. The predicted molar refractivity (Wildman–Crippen MR) is 82.1 cm³/mol. The molecule has 0 aliphatic heterocycles. The van der Waals surface area contributed by atoms with E-state index in [1.807, 2.05) is 25.1 Å². The van der Waals surface area contributed by atoms with Crippen LogP contribution in [-0.2, 0) is 4.79 Å². The van der Waals surface area contributed by atoms with Crippen molar-refractivity contribution in [3.05, 3.63) is 35.4 Å². The van der Waals surface area contributed by atoms with Gasteiger partial charge in [-0.15, -0.1) is 0 Å². The number of benzene rings is 1. The van der Waals surface area contributed by atoms with Crippen LogP contribution in [-0.4, -0.2) is 17.7 Å². The maximum absolute atomic E-state index is 10.6. The maximum Gasteiger partial charge on any atom is 0.328 e. The number of hydrogen-bond donors (Lipinski definition) is 1. The Morgan fingerprint density at radius 2 is 2.00 bits per heavy atom. The number of aryl methyl sites for hydroxylation is 1. The lowest BCUT2D eigenvalue weighted by atomic mass is 10.1. The van der Waals surface area contributed by atoms with Crippen LogP contribution in [0.2, 0.25) is 0 Å². The van der Waals surface area contributed by atoms with Gasteiger partial charge in [0.25, 0.3) is 0 Å². The fourth-order valence-corrected chi connectivity index (χ4v) is 2.04. The topological polar surface area (TPSA) is 46.5 Å².